The van der Waals surface area contributed by atoms with Crippen LogP contribution in [-0.2, 0) is 14.9 Å². The van der Waals surface area contributed by atoms with Crippen LogP contribution in [0.4, 0.5) is 0 Å². The maximum Gasteiger partial charge on any atom is 0.180 e. The third kappa shape index (κ3) is 1.42. The Morgan fingerprint density at radius 3 is 2.80 bits per heavy atom. The summed E-state index contributed by atoms with van der Waals surface area (Å²) in [5.74, 6) is 1.11. The number of fused-ring (bicyclic) bond motifs is 2. The van der Waals surface area contributed by atoms with Crippen LogP contribution in [0.15, 0.2) is 24.3 Å². The summed E-state index contributed by atoms with van der Waals surface area (Å²) in [5.41, 5.74) is 1.26. The Kier molecular flexibility index (Phi) is 2.65. The van der Waals surface area contributed by atoms with E-state index in [4.69, 9.17) is 14.2 Å². The lowest BCUT2D eigenvalue weighted by Gasteiger charge is -2.57. The molecule has 1 aromatic carbocycles. The first-order chi connectivity index (χ1) is 9.70. The Morgan fingerprint density at radius 2 is 2.10 bits per heavy atom. The number of likely N-dealkylation sites (tertiary alicyclic amines) is 1. The lowest BCUT2D eigenvalue weighted by Crippen LogP contribution is -2.67. The van der Waals surface area contributed by atoms with Crippen LogP contribution in [0.3, 0.4) is 0 Å². The fourth-order valence-corrected chi connectivity index (χ4v) is 4.47. The zero-order chi connectivity index (χ0) is 13.8. The lowest BCUT2D eigenvalue weighted by molar-refractivity contribution is -0.279. The van der Waals surface area contributed by atoms with Gasteiger partial charge in [0.15, 0.2) is 5.79 Å². The van der Waals surface area contributed by atoms with Gasteiger partial charge in [0.2, 0.25) is 0 Å². The minimum Gasteiger partial charge on any atom is -0.497 e. The van der Waals surface area contributed by atoms with Crippen LogP contribution in [0, 0.1) is 5.92 Å². The van der Waals surface area contributed by atoms with Crippen molar-refractivity contribution in [2.75, 3.05) is 40.5 Å². The summed E-state index contributed by atoms with van der Waals surface area (Å²) >= 11 is 0. The second-order valence-electron chi connectivity index (χ2n) is 6.25. The summed E-state index contributed by atoms with van der Waals surface area (Å²) in [4.78, 5) is 2.39. The monoisotopic (exact) mass is 275 g/mol. The Labute approximate surface area is 119 Å². The summed E-state index contributed by atoms with van der Waals surface area (Å²) < 4.78 is 17.6. The van der Waals surface area contributed by atoms with Crippen molar-refractivity contribution in [1.29, 1.82) is 0 Å². The standard InChI is InChI=1S/C16H21NO3/c1-17-10-13-9-16(19-6-7-20-16)15(13,11-17)12-4-3-5-14(8-12)18-2/h3-5,8,13H,6-7,9-11H2,1-2H3. The molecule has 4 heteroatoms. The van der Waals surface area contributed by atoms with E-state index in [0.29, 0.717) is 19.1 Å². The van der Waals surface area contributed by atoms with Crippen molar-refractivity contribution in [2.24, 2.45) is 5.92 Å². The maximum absolute atomic E-state index is 6.08. The lowest BCUT2D eigenvalue weighted by atomic mass is 9.53. The van der Waals surface area contributed by atoms with E-state index in [1.54, 1.807) is 7.11 Å². The molecule has 3 aliphatic rings. The molecule has 2 unspecified atom stereocenters. The third-order valence-electron chi connectivity index (χ3n) is 5.28. The SMILES string of the molecule is COc1cccc(C23CN(C)CC2CC32OCCO2)c1. The van der Waals surface area contributed by atoms with E-state index in [0.717, 1.165) is 25.3 Å². The quantitative estimate of drug-likeness (QED) is 0.821. The van der Waals surface area contributed by atoms with Crippen molar-refractivity contribution in [2.45, 2.75) is 17.6 Å². The first-order valence-corrected chi connectivity index (χ1v) is 7.31. The molecule has 2 atom stereocenters. The zero-order valence-corrected chi connectivity index (χ0v) is 12.1. The van der Waals surface area contributed by atoms with Gasteiger partial charge >= 0.3 is 0 Å². The molecule has 2 aliphatic heterocycles. The zero-order valence-electron chi connectivity index (χ0n) is 12.1. The maximum atomic E-state index is 6.08. The van der Waals surface area contributed by atoms with Gasteiger partial charge in [0, 0.05) is 19.5 Å². The largest absolute Gasteiger partial charge is 0.497 e. The average Bonchev–Trinajstić information content (AvgIpc) is 3.04. The molecule has 0 radical (unpaired) electrons. The molecular formula is C16H21NO3. The van der Waals surface area contributed by atoms with E-state index in [1.807, 2.05) is 6.07 Å². The third-order valence-corrected chi connectivity index (χ3v) is 5.28. The number of rotatable bonds is 2. The van der Waals surface area contributed by atoms with Crippen LogP contribution in [0.25, 0.3) is 0 Å². The molecule has 3 fully saturated rings. The molecule has 4 nitrogen and oxygen atoms in total. The normalized spacial score (nSPS) is 35.0. The first-order valence-electron chi connectivity index (χ1n) is 7.31. The Morgan fingerprint density at radius 1 is 1.30 bits per heavy atom. The summed E-state index contributed by atoms with van der Waals surface area (Å²) in [6, 6.07) is 8.41. The van der Waals surface area contributed by atoms with Gasteiger partial charge in [-0.3, -0.25) is 0 Å². The molecule has 4 rings (SSSR count). The Balaban J connectivity index is 1.81. The van der Waals surface area contributed by atoms with Crippen LogP contribution < -0.4 is 4.74 Å². The van der Waals surface area contributed by atoms with E-state index in [-0.39, 0.29) is 5.41 Å². The van der Waals surface area contributed by atoms with Crippen molar-refractivity contribution in [3.63, 3.8) is 0 Å². The van der Waals surface area contributed by atoms with Gasteiger partial charge in [-0.15, -0.1) is 0 Å². The predicted octanol–water partition coefficient (Wildman–Crippen LogP) is 1.64. The van der Waals surface area contributed by atoms with Crippen LogP contribution in [-0.4, -0.2) is 51.1 Å². The molecule has 108 valence electrons. The van der Waals surface area contributed by atoms with Gasteiger partial charge in [-0.05, 0) is 30.7 Å². The van der Waals surface area contributed by atoms with Crippen LogP contribution >= 0.6 is 0 Å². The second kappa shape index (κ2) is 4.20. The molecule has 20 heavy (non-hydrogen) atoms. The molecule has 0 amide bonds. The fraction of sp³-hybridized carbons (Fsp3) is 0.625. The van der Waals surface area contributed by atoms with Crippen molar-refractivity contribution in [1.82, 2.24) is 4.90 Å². The molecule has 1 aliphatic carbocycles. The second-order valence-corrected chi connectivity index (χ2v) is 6.25. The summed E-state index contributed by atoms with van der Waals surface area (Å²) in [6.45, 7) is 3.53. The summed E-state index contributed by atoms with van der Waals surface area (Å²) in [5, 5.41) is 0. The van der Waals surface area contributed by atoms with E-state index in [2.05, 4.69) is 30.1 Å². The highest BCUT2D eigenvalue weighted by atomic mass is 16.7. The summed E-state index contributed by atoms with van der Waals surface area (Å²) in [6.07, 6.45) is 1.01. The number of methoxy groups -OCH3 is 1. The van der Waals surface area contributed by atoms with Crippen LogP contribution in [0.2, 0.25) is 0 Å². The number of nitrogens with zero attached hydrogens (tertiary/aromatic N) is 1. The average molecular weight is 275 g/mol. The molecule has 1 aromatic rings. The molecule has 2 heterocycles. The molecular weight excluding hydrogens is 254 g/mol. The van der Waals surface area contributed by atoms with Gasteiger partial charge < -0.3 is 19.1 Å². The number of hydrogen-bond acceptors (Lipinski definition) is 4. The summed E-state index contributed by atoms with van der Waals surface area (Å²) in [7, 11) is 3.90. The molecule has 2 saturated heterocycles. The van der Waals surface area contributed by atoms with E-state index < -0.39 is 5.79 Å². The molecule has 0 aromatic heterocycles. The van der Waals surface area contributed by atoms with Crippen molar-refractivity contribution in [3.8, 4) is 5.75 Å². The highest BCUT2D eigenvalue weighted by molar-refractivity contribution is 5.42. The topological polar surface area (TPSA) is 30.9 Å². The number of hydrogen-bond donors (Lipinski definition) is 0. The van der Waals surface area contributed by atoms with E-state index >= 15 is 0 Å². The van der Waals surface area contributed by atoms with Gasteiger partial charge in [0.05, 0.1) is 25.7 Å². The highest BCUT2D eigenvalue weighted by Crippen LogP contribution is 2.63. The molecule has 0 bridgehead atoms. The smallest absolute Gasteiger partial charge is 0.180 e. The first kappa shape index (κ1) is 12.6. The number of likely N-dealkylation sites (N-methyl/N-ethyl adjacent to an activating group) is 1. The van der Waals surface area contributed by atoms with Gasteiger partial charge in [0.25, 0.3) is 0 Å². The Bertz CT molecular complexity index is 526. The van der Waals surface area contributed by atoms with Crippen molar-refractivity contribution >= 4 is 0 Å². The van der Waals surface area contributed by atoms with E-state index in [1.165, 1.54) is 5.56 Å². The number of ether oxygens (including phenoxy) is 3. The van der Waals surface area contributed by atoms with E-state index in [9.17, 15) is 0 Å². The highest BCUT2D eigenvalue weighted by Gasteiger charge is 2.72. The fourth-order valence-electron chi connectivity index (χ4n) is 4.47. The van der Waals surface area contributed by atoms with Crippen molar-refractivity contribution < 1.29 is 14.2 Å². The van der Waals surface area contributed by atoms with Crippen LogP contribution in [0.1, 0.15) is 12.0 Å². The Hall–Kier alpha value is -1.10. The molecule has 1 saturated carbocycles. The van der Waals surface area contributed by atoms with Gasteiger partial charge in [-0.2, -0.15) is 0 Å². The van der Waals surface area contributed by atoms with Crippen molar-refractivity contribution in [3.05, 3.63) is 29.8 Å². The van der Waals surface area contributed by atoms with Gasteiger partial charge in [-0.25, -0.2) is 0 Å². The molecule has 0 N–H and O–H groups in total. The minimum absolute atomic E-state index is 0.0349. The van der Waals surface area contributed by atoms with Gasteiger partial charge in [-0.1, -0.05) is 12.1 Å². The molecule has 1 spiro atoms. The van der Waals surface area contributed by atoms with Crippen LogP contribution in [0.5, 0.6) is 5.75 Å². The van der Waals surface area contributed by atoms with Gasteiger partial charge in [0.1, 0.15) is 5.75 Å². The minimum atomic E-state index is -0.408. The number of benzene rings is 1. The predicted molar refractivity (Wildman–Crippen MR) is 74.9 cm³/mol.